The zero-order valence-corrected chi connectivity index (χ0v) is 11.0. The summed E-state index contributed by atoms with van der Waals surface area (Å²) in [6.45, 7) is 13.7. The fraction of sp³-hybridized carbons (Fsp3) is 1.00. The standard InChI is InChI=1S/C12H26S/c1-10(2)9-11(3,4)7-8-12(5,6)13/h10,13H,7-9H2,1-6H3. The van der Waals surface area contributed by atoms with Gasteiger partial charge in [-0.2, -0.15) is 12.6 Å². The lowest BCUT2D eigenvalue weighted by Crippen LogP contribution is -2.19. The highest BCUT2D eigenvalue weighted by Crippen LogP contribution is 2.34. The summed E-state index contributed by atoms with van der Waals surface area (Å²) < 4.78 is 0.189. The van der Waals surface area contributed by atoms with Gasteiger partial charge in [0.05, 0.1) is 0 Å². The van der Waals surface area contributed by atoms with E-state index in [2.05, 4.69) is 54.2 Å². The van der Waals surface area contributed by atoms with Gasteiger partial charge in [0.2, 0.25) is 0 Å². The van der Waals surface area contributed by atoms with Gasteiger partial charge in [0.15, 0.2) is 0 Å². The van der Waals surface area contributed by atoms with Crippen LogP contribution in [0.3, 0.4) is 0 Å². The lowest BCUT2D eigenvalue weighted by Gasteiger charge is -2.30. The molecule has 1 heteroatoms. The summed E-state index contributed by atoms with van der Waals surface area (Å²) in [5.74, 6) is 0.804. The quantitative estimate of drug-likeness (QED) is 0.621. The van der Waals surface area contributed by atoms with E-state index in [1.807, 2.05) is 0 Å². The maximum atomic E-state index is 4.56. The Morgan fingerprint density at radius 2 is 1.46 bits per heavy atom. The van der Waals surface area contributed by atoms with Crippen molar-refractivity contribution in [1.82, 2.24) is 0 Å². The van der Waals surface area contributed by atoms with Crippen molar-refractivity contribution >= 4 is 12.6 Å². The van der Waals surface area contributed by atoms with Crippen molar-refractivity contribution in [2.24, 2.45) is 11.3 Å². The molecule has 0 saturated carbocycles. The van der Waals surface area contributed by atoms with Crippen LogP contribution in [0.4, 0.5) is 0 Å². The molecule has 0 nitrogen and oxygen atoms in total. The second kappa shape index (κ2) is 4.72. The second-order valence-electron chi connectivity index (χ2n) is 6.07. The molecular weight excluding hydrogens is 176 g/mol. The Morgan fingerprint density at radius 3 is 1.77 bits per heavy atom. The van der Waals surface area contributed by atoms with Crippen molar-refractivity contribution in [3.8, 4) is 0 Å². The summed E-state index contributed by atoms with van der Waals surface area (Å²) in [5.41, 5.74) is 0.480. The van der Waals surface area contributed by atoms with Gasteiger partial charge < -0.3 is 0 Å². The van der Waals surface area contributed by atoms with Crippen LogP contribution >= 0.6 is 12.6 Å². The van der Waals surface area contributed by atoms with Crippen molar-refractivity contribution in [1.29, 1.82) is 0 Å². The van der Waals surface area contributed by atoms with Crippen molar-refractivity contribution in [3.05, 3.63) is 0 Å². The molecule has 0 aromatic heterocycles. The molecule has 13 heavy (non-hydrogen) atoms. The van der Waals surface area contributed by atoms with Crippen LogP contribution in [0.25, 0.3) is 0 Å². The first-order valence-electron chi connectivity index (χ1n) is 5.35. The molecule has 0 aliphatic carbocycles. The molecule has 0 unspecified atom stereocenters. The normalized spacial score (nSPS) is 13.8. The van der Waals surface area contributed by atoms with Gasteiger partial charge in [-0.15, -0.1) is 0 Å². The molecule has 0 amide bonds. The summed E-state index contributed by atoms with van der Waals surface area (Å²) in [7, 11) is 0. The van der Waals surface area contributed by atoms with Crippen LogP contribution in [-0.4, -0.2) is 4.75 Å². The minimum absolute atomic E-state index is 0.189. The molecular formula is C12H26S. The average Bonchev–Trinajstić information content (AvgIpc) is 1.79. The molecule has 0 heterocycles. The van der Waals surface area contributed by atoms with E-state index in [9.17, 15) is 0 Å². The summed E-state index contributed by atoms with van der Waals surface area (Å²) in [6, 6.07) is 0. The third kappa shape index (κ3) is 8.67. The fourth-order valence-electron chi connectivity index (χ4n) is 1.85. The Hall–Kier alpha value is 0.350. The largest absolute Gasteiger partial charge is 0.173 e. The van der Waals surface area contributed by atoms with E-state index in [0.29, 0.717) is 5.41 Å². The van der Waals surface area contributed by atoms with Crippen molar-refractivity contribution in [2.75, 3.05) is 0 Å². The zero-order valence-electron chi connectivity index (χ0n) is 10.1. The predicted octanol–water partition coefficient (Wildman–Crippen LogP) is 4.55. The molecule has 0 aromatic carbocycles. The Balaban J connectivity index is 3.89. The third-order valence-corrected chi connectivity index (χ3v) is 2.60. The topological polar surface area (TPSA) is 0 Å². The van der Waals surface area contributed by atoms with E-state index in [4.69, 9.17) is 0 Å². The molecule has 0 fully saturated rings. The van der Waals surface area contributed by atoms with E-state index < -0.39 is 0 Å². The highest BCUT2D eigenvalue weighted by Gasteiger charge is 2.22. The van der Waals surface area contributed by atoms with Gasteiger partial charge in [-0.05, 0) is 30.6 Å². The fourth-order valence-corrected chi connectivity index (χ4v) is 1.96. The maximum Gasteiger partial charge on any atom is 0.00733 e. The first-order chi connectivity index (χ1) is 5.62. The van der Waals surface area contributed by atoms with Crippen molar-refractivity contribution in [2.45, 2.75) is 65.6 Å². The third-order valence-electron chi connectivity index (χ3n) is 2.37. The van der Waals surface area contributed by atoms with E-state index in [1.165, 1.54) is 19.3 Å². The van der Waals surface area contributed by atoms with Gasteiger partial charge in [-0.1, -0.05) is 41.5 Å². The van der Waals surface area contributed by atoms with Gasteiger partial charge in [0.25, 0.3) is 0 Å². The van der Waals surface area contributed by atoms with E-state index >= 15 is 0 Å². The molecule has 0 N–H and O–H groups in total. The van der Waals surface area contributed by atoms with E-state index in [-0.39, 0.29) is 4.75 Å². The number of hydrogen-bond donors (Lipinski definition) is 1. The molecule has 0 aromatic rings. The lowest BCUT2D eigenvalue weighted by molar-refractivity contribution is 0.252. The van der Waals surface area contributed by atoms with Crippen molar-refractivity contribution < 1.29 is 0 Å². The summed E-state index contributed by atoms with van der Waals surface area (Å²) >= 11 is 4.56. The van der Waals surface area contributed by atoms with Crippen LogP contribution in [0.5, 0.6) is 0 Å². The number of thiol groups is 1. The lowest BCUT2D eigenvalue weighted by atomic mass is 9.79. The molecule has 0 saturated heterocycles. The van der Waals surface area contributed by atoms with Gasteiger partial charge in [0, 0.05) is 4.75 Å². The molecule has 0 spiro atoms. The first-order valence-corrected chi connectivity index (χ1v) is 5.79. The van der Waals surface area contributed by atoms with Gasteiger partial charge >= 0.3 is 0 Å². The predicted molar refractivity (Wildman–Crippen MR) is 65.5 cm³/mol. The molecule has 0 aliphatic heterocycles. The first kappa shape index (κ1) is 13.4. The Labute approximate surface area is 89.9 Å². The van der Waals surface area contributed by atoms with Gasteiger partial charge in [-0.3, -0.25) is 0 Å². The number of rotatable bonds is 5. The highest BCUT2D eigenvalue weighted by atomic mass is 32.1. The Morgan fingerprint density at radius 1 is 1.00 bits per heavy atom. The van der Waals surface area contributed by atoms with Crippen LogP contribution in [0.15, 0.2) is 0 Å². The Kier molecular flexibility index (Phi) is 4.85. The molecule has 0 rings (SSSR count). The van der Waals surface area contributed by atoms with Crippen LogP contribution in [0, 0.1) is 11.3 Å². The molecule has 0 bridgehead atoms. The summed E-state index contributed by atoms with van der Waals surface area (Å²) in [5, 5.41) is 0. The summed E-state index contributed by atoms with van der Waals surface area (Å²) in [4.78, 5) is 0. The average molecular weight is 202 g/mol. The Bertz CT molecular complexity index is 140. The smallest absolute Gasteiger partial charge is 0.00733 e. The monoisotopic (exact) mass is 202 g/mol. The number of hydrogen-bond acceptors (Lipinski definition) is 1. The maximum absolute atomic E-state index is 4.56. The minimum atomic E-state index is 0.189. The zero-order chi connectivity index (χ0) is 10.7. The van der Waals surface area contributed by atoms with E-state index in [1.54, 1.807) is 0 Å². The van der Waals surface area contributed by atoms with Gasteiger partial charge in [0.1, 0.15) is 0 Å². The minimum Gasteiger partial charge on any atom is -0.173 e. The van der Waals surface area contributed by atoms with Gasteiger partial charge in [-0.25, -0.2) is 0 Å². The summed E-state index contributed by atoms with van der Waals surface area (Å²) in [6.07, 6.45) is 3.80. The van der Waals surface area contributed by atoms with Crippen LogP contribution < -0.4 is 0 Å². The highest BCUT2D eigenvalue weighted by molar-refractivity contribution is 7.81. The molecule has 0 aliphatic rings. The molecule has 0 atom stereocenters. The van der Waals surface area contributed by atoms with Crippen LogP contribution in [0.2, 0.25) is 0 Å². The SMILES string of the molecule is CC(C)CC(C)(C)CCC(C)(C)S. The second-order valence-corrected chi connectivity index (χ2v) is 7.29. The van der Waals surface area contributed by atoms with Crippen LogP contribution in [-0.2, 0) is 0 Å². The van der Waals surface area contributed by atoms with Crippen molar-refractivity contribution in [3.63, 3.8) is 0 Å². The van der Waals surface area contributed by atoms with E-state index in [0.717, 1.165) is 5.92 Å². The molecule has 0 radical (unpaired) electrons. The van der Waals surface area contributed by atoms with Crippen LogP contribution in [0.1, 0.15) is 60.8 Å². The molecule has 80 valence electrons.